The minimum Gasteiger partial charge on any atom is -0.0870 e. The summed E-state index contributed by atoms with van der Waals surface area (Å²) in [6.07, 6.45) is 4.24. The molecule has 0 aliphatic heterocycles. The summed E-state index contributed by atoms with van der Waals surface area (Å²) in [5, 5.41) is 0. The highest BCUT2D eigenvalue weighted by Gasteiger charge is 1.95. The molecule has 0 spiro atoms. The van der Waals surface area contributed by atoms with Crippen molar-refractivity contribution in [3.8, 4) is 0 Å². The van der Waals surface area contributed by atoms with E-state index in [9.17, 15) is 0 Å². The standard InChI is InChI=1S/C11H14/c1-4-6-11-9(2)7-5-8-10(11)3/h4-8H,1-3H3/b6-4-. The highest BCUT2D eigenvalue weighted by Crippen LogP contribution is 2.14. The smallest absolute Gasteiger partial charge is 0.0201 e. The van der Waals surface area contributed by atoms with E-state index in [1.807, 2.05) is 6.92 Å². The Morgan fingerprint density at radius 3 is 2.09 bits per heavy atom. The molecule has 0 heterocycles. The average molecular weight is 146 g/mol. The molecule has 0 aromatic heterocycles. The minimum atomic E-state index is 1.35. The van der Waals surface area contributed by atoms with Gasteiger partial charge in [-0.2, -0.15) is 0 Å². The Labute approximate surface area is 68.6 Å². The summed E-state index contributed by atoms with van der Waals surface area (Å²) in [6, 6.07) is 6.38. The van der Waals surface area contributed by atoms with Crippen molar-refractivity contribution in [1.82, 2.24) is 0 Å². The molecule has 0 saturated heterocycles. The lowest BCUT2D eigenvalue weighted by molar-refractivity contribution is 1.35. The maximum absolute atomic E-state index is 2.16. The van der Waals surface area contributed by atoms with Gasteiger partial charge in [0.2, 0.25) is 0 Å². The summed E-state index contributed by atoms with van der Waals surface area (Å²) in [5.74, 6) is 0. The molecule has 0 unspecified atom stereocenters. The van der Waals surface area contributed by atoms with E-state index in [1.54, 1.807) is 0 Å². The highest BCUT2D eigenvalue weighted by molar-refractivity contribution is 5.57. The lowest BCUT2D eigenvalue weighted by Crippen LogP contribution is -1.83. The zero-order valence-corrected chi connectivity index (χ0v) is 7.39. The molecule has 0 nitrogen and oxygen atoms in total. The fourth-order valence-corrected chi connectivity index (χ4v) is 1.26. The van der Waals surface area contributed by atoms with Gasteiger partial charge in [-0.05, 0) is 37.5 Å². The number of hydrogen-bond donors (Lipinski definition) is 0. The van der Waals surface area contributed by atoms with Crippen LogP contribution in [0.4, 0.5) is 0 Å². The van der Waals surface area contributed by atoms with Crippen LogP contribution in [0.5, 0.6) is 0 Å². The van der Waals surface area contributed by atoms with Crippen LogP contribution in [-0.2, 0) is 0 Å². The zero-order chi connectivity index (χ0) is 8.27. The van der Waals surface area contributed by atoms with Gasteiger partial charge in [-0.25, -0.2) is 0 Å². The summed E-state index contributed by atoms with van der Waals surface area (Å²) in [5.41, 5.74) is 4.06. The Morgan fingerprint density at radius 1 is 1.09 bits per heavy atom. The number of allylic oxidation sites excluding steroid dienone is 1. The number of aryl methyl sites for hydroxylation is 2. The van der Waals surface area contributed by atoms with Gasteiger partial charge >= 0.3 is 0 Å². The average Bonchev–Trinajstić information content (AvgIpc) is 1.97. The molecule has 0 bridgehead atoms. The van der Waals surface area contributed by atoms with Gasteiger partial charge in [0, 0.05) is 0 Å². The number of hydrogen-bond acceptors (Lipinski definition) is 0. The molecule has 0 saturated carbocycles. The van der Waals surface area contributed by atoms with Crippen LogP contribution in [0.2, 0.25) is 0 Å². The highest BCUT2D eigenvalue weighted by atomic mass is 14.0. The Hall–Kier alpha value is -1.04. The Morgan fingerprint density at radius 2 is 1.64 bits per heavy atom. The van der Waals surface area contributed by atoms with Crippen LogP contribution in [0.25, 0.3) is 6.08 Å². The SMILES string of the molecule is C/C=C\c1c(C)cccc1C. The van der Waals surface area contributed by atoms with Crippen LogP contribution >= 0.6 is 0 Å². The second-order valence-corrected chi connectivity index (χ2v) is 2.81. The number of benzene rings is 1. The van der Waals surface area contributed by atoms with Crippen LogP contribution in [0.3, 0.4) is 0 Å². The van der Waals surface area contributed by atoms with Crippen molar-refractivity contribution in [3.05, 3.63) is 41.0 Å². The topological polar surface area (TPSA) is 0 Å². The van der Waals surface area contributed by atoms with Gasteiger partial charge in [-0.3, -0.25) is 0 Å². The Balaban J connectivity index is 3.20. The monoisotopic (exact) mass is 146 g/mol. The first kappa shape index (κ1) is 8.06. The van der Waals surface area contributed by atoms with E-state index in [0.717, 1.165) is 0 Å². The Bertz CT molecular complexity index is 249. The third-order valence-corrected chi connectivity index (χ3v) is 1.88. The second kappa shape index (κ2) is 3.38. The van der Waals surface area contributed by atoms with E-state index >= 15 is 0 Å². The van der Waals surface area contributed by atoms with Gasteiger partial charge in [-0.15, -0.1) is 0 Å². The normalized spacial score (nSPS) is 10.8. The molecular weight excluding hydrogens is 132 g/mol. The molecular formula is C11H14. The third kappa shape index (κ3) is 1.70. The molecule has 0 amide bonds. The molecule has 1 aromatic rings. The van der Waals surface area contributed by atoms with Crippen molar-refractivity contribution in [1.29, 1.82) is 0 Å². The molecule has 0 fully saturated rings. The summed E-state index contributed by atoms with van der Waals surface area (Å²) in [6.45, 7) is 6.33. The van der Waals surface area contributed by atoms with E-state index in [0.29, 0.717) is 0 Å². The molecule has 0 N–H and O–H groups in total. The van der Waals surface area contributed by atoms with Crippen LogP contribution in [-0.4, -0.2) is 0 Å². The molecule has 1 aromatic carbocycles. The first-order valence-corrected chi connectivity index (χ1v) is 3.94. The van der Waals surface area contributed by atoms with Gasteiger partial charge in [-0.1, -0.05) is 30.4 Å². The first-order chi connectivity index (χ1) is 5.25. The fraction of sp³-hybridized carbons (Fsp3) is 0.273. The lowest BCUT2D eigenvalue weighted by atomic mass is 10.0. The molecule has 0 atom stereocenters. The van der Waals surface area contributed by atoms with Gasteiger partial charge in [0.25, 0.3) is 0 Å². The van der Waals surface area contributed by atoms with E-state index in [4.69, 9.17) is 0 Å². The van der Waals surface area contributed by atoms with Crippen molar-refractivity contribution in [2.45, 2.75) is 20.8 Å². The van der Waals surface area contributed by atoms with Gasteiger partial charge in [0.15, 0.2) is 0 Å². The predicted octanol–water partition coefficient (Wildman–Crippen LogP) is 3.34. The van der Waals surface area contributed by atoms with Crippen molar-refractivity contribution in [3.63, 3.8) is 0 Å². The van der Waals surface area contributed by atoms with Crippen LogP contribution in [0.15, 0.2) is 24.3 Å². The molecule has 0 heteroatoms. The molecule has 0 aliphatic carbocycles. The van der Waals surface area contributed by atoms with Crippen molar-refractivity contribution >= 4 is 6.08 Å². The maximum atomic E-state index is 2.16. The summed E-state index contributed by atoms with van der Waals surface area (Å²) in [4.78, 5) is 0. The van der Waals surface area contributed by atoms with E-state index < -0.39 is 0 Å². The molecule has 1 rings (SSSR count). The van der Waals surface area contributed by atoms with Crippen LogP contribution in [0.1, 0.15) is 23.6 Å². The quantitative estimate of drug-likeness (QED) is 0.570. The zero-order valence-electron chi connectivity index (χ0n) is 7.39. The molecule has 0 radical (unpaired) electrons. The molecule has 58 valence electrons. The van der Waals surface area contributed by atoms with Gasteiger partial charge in [0.05, 0.1) is 0 Å². The summed E-state index contributed by atoms with van der Waals surface area (Å²) in [7, 11) is 0. The van der Waals surface area contributed by atoms with Crippen LogP contribution < -0.4 is 0 Å². The first-order valence-electron chi connectivity index (χ1n) is 3.94. The summed E-state index contributed by atoms with van der Waals surface area (Å²) < 4.78 is 0. The van der Waals surface area contributed by atoms with E-state index in [2.05, 4.69) is 44.2 Å². The molecule has 11 heavy (non-hydrogen) atoms. The number of rotatable bonds is 1. The van der Waals surface area contributed by atoms with E-state index in [-0.39, 0.29) is 0 Å². The minimum absolute atomic E-state index is 1.35. The summed E-state index contributed by atoms with van der Waals surface area (Å²) >= 11 is 0. The van der Waals surface area contributed by atoms with Crippen molar-refractivity contribution < 1.29 is 0 Å². The van der Waals surface area contributed by atoms with Gasteiger partial charge < -0.3 is 0 Å². The van der Waals surface area contributed by atoms with Crippen molar-refractivity contribution in [2.24, 2.45) is 0 Å². The second-order valence-electron chi connectivity index (χ2n) is 2.81. The Kier molecular flexibility index (Phi) is 2.48. The van der Waals surface area contributed by atoms with Gasteiger partial charge in [0.1, 0.15) is 0 Å². The largest absolute Gasteiger partial charge is 0.0870 e. The lowest BCUT2D eigenvalue weighted by Gasteiger charge is -2.02. The third-order valence-electron chi connectivity index (χ3n) is 1.88. The van der Waals surface area contributed by atoms with Crippen LogP contribution in [0, 0.1) is 13.8 Å². The predicted molar refractivity (Wildman–Crippen MR) is 50.6 cm³/mol. The molecule has 0 aliphatic rings. The fourth-order valence-electron chi connectivity index (χ4n) is 1.26. The van der Waals surface area contributed by atoms with Crippen molar-refractivity contribution in [2.75, 3.05) is 0 Å². The maximum Gasteiger partial charge on any atom is -0.0201 e. The van der Waals surface area contributed by atoms with E-state index in [1.165, 1.54) is 16.7 Å².